The van der Waals surface area contributed by atoms with Gasteiger partial charge in [0.1, 0.15) is 0 Å². The zero-order chi connectivity index (χ0) is 57.1. The number of rotatable bonds is 19. The second-order valence-electron chi connectivity index (χ2n) is 22.1. The summed E-state index contributed by atoms with van der Waals surface area (Å²) in [6.45, 7) is 6.43. The van der Waals surface area contributed by atoms with Gasteiger partial charge in [-0.15, -0.1) is 0 Å². The molecule has 0 aromatic heterocycles. The van der Waals surface area contributed by atoms with Crippen LogP contribution in [0.15, 0.2) is 152 Å². The van der Waals surface area contributed by atoms with E-state index in [9.17, 15) is 44.7 Å². The predicted octanol–water partition coefficient (Wildman–Crippen LogP) is 8.81. The first kappa shape index (κ1) is 62.7. The minimum atomic E-state index is -3.47. The van der Waals surface area contributed by atoms with E-state index in [1.54, 1.807) is 5.48 Å². The van der Waals surface area contributed by atoms with Gasteiger partial charge in [0, 0.05) is 0 Å². The fourth-order valence-corrected chi connectivity index (χ4v) is 22.1. The van der Waals surface area contributed by atoms with Crippen molar-refractivity contribution in [2.24, 2.45) is 17.8 Å². The Morgan fingerprint density at radius 3 is 1.08 bits per heavy atom. The van der Waals surface area contributed by atoms with E-state index in [0.29, 0.717) is 57.8 Å². The van der Waals surface area contributed by atoms with Gasteiger partial charge in [-0.2, -0.15) is 0 Å². The fourth-order valence-electron chi connectivity index (χ4n) is 11.6. The van der Waals surface area contributed by atoms with Crippen molar-refractivity contribution in [3.05, 3.63) is 168 Å². The number of carbonyl (C=O) groups is 3. The predicted molar refractivity (Wildman–Crippen MR) is 313 cm³/mol. The molecule has 6 atom stereocenters. The zero-order valence-corrected chi connectivity index (χ0v) is 49.3. The number of hydrogen-bond donors (Lipinski definition) is 4. The molecule has 14 nitrogen and oxygen atoms in total. The van der Waals surface area contributed by atoms with Gasteiger partial charge >= 0.3 is 5.97 Å². The molecular formula is C61H80N2O12S3Si. The van der Waals surface area contributed by atoms with Crippen molar-refractivity contribution in [2.45, 2.75) is 138 Å². The SMILES string of the molecule is CC(C)(C)[Si](ONC(=O)[C@@H]1CCCC[C@@H]1S(=O)(=O)CCc1ccccc1)(c1ccccc1)c1ccccc1.O=C(NO)[C@@H]1CCCC[C@@H]1S(=O)(=O)CCc1ccccc1.O=C(O)[C@@H]1CCCC[C@@H]1S(=O)(=O)CCc1ccccc1. The van der Waals surface area contributed by atoms with Crippen LogP contribution in [0.4, 0.5) is 0 Å². The summed E-state index contributed by atoms with van der Waals surface area (Å²) >= 11 is 0. The molecular weight excluding hydrogens is 1080 g/mol. The lowest BCUT2D eigenvalue weighted by atomic mass is 9.88. The molecule has 0 radical (unpaired) electrons. The lowest BCUT2D eigenvalue weighted by Crippen LogP contribution is -2.69. The van der Waals surface area contributed by atoms with E-state index in [2.05, 4.69) is 50.5 Å². The summed E-state index contributed by atoms with van der Waals surface area (Å²) < 4.78 is 83.4. The molecule has 3 aliphatic rings. The number of benzene rings is 5. The van der Waals surface area contributed by atoms with Gasteiger partial charge in [0.25, 0.3) is 8.32 Å². The monoisotopic (exact) mass is 1160 g/mol. The quantitative estimate of drug-likeness (QED) is 0.0346. The molecule has 8 rings (SSSR count). The van der Waals surface area contributed by atoms with Gasteiger partial charge in [-0.3, -0.25) is 19.6 Å². The highest BCUT2D eigenvalue weighted by molar-refractivity contribution is 7.92. The Labute approximate surface area is 470 Å². The molecule has 4 N–H and O–H groups in total. The lowest BCUT2D eigenvalue weighted by molar-refractivity contribution is -0.142. The van der Waals surface area contributed by atoms with Crippen molar-refractivity contribution < 1.29 is 54.5 Å². The summed E-state index contributed by atoms with van der Waals surface area (Å²) in [5.74, 6) is -3.76. The first-order valence-electron chi connectivity index (χ1n) is 27.7. The van der Waals surface area contributed by atoms with Crippen molar-refractivity contribution in [2.75, 3.05) is 17.3 Å². The van der Waals surface area contributed by atoms with Gasteiger partial charge < -0.3 is 9.63 Å². The number of carboxylic acid groups (broad SMARTS) is 1. The van der Waals surface area contributed by atoms with Crippen molar-refractivity contribution in [1.82, 2.24) is 11.0 Å². The minimum Gasteiger partial charge on any atom is -0.481 e. The summed E-state index contributed by atoms with van der Waals surface area (Å²) in [7, 11) is -13.2. The molecule has 0 spiro atoms. The molecule has 0 unspecified atom stereocenters. The highest BCUT2D eigenvalue weighted by Crippen LogP contribution is 2.38. The summed E-state index contributed by atoms with van der Waals surface area (Å²) in [5.41, 5.74) is 7.37. The van der Waals surface area contributed by atoms with E-state index in [1.807, 2.05) is 127 Å². The Bertz CT molecular complexity index is 3000. The van der Waals surface area contributed by atoms with Gasteiger partial charge in [0.15, 0.2) is 29.5 Å². The van der Waals surface area contributed by atoms with Crippen molar-refractivity contribution in [3.8, 4) is 0 Å². The molecule has 3 saturated carbocycles. The van der Waals surface area contributed by atoms with Gasteiger partial charge in [0.2, 0.25) is 11.8 Å². The third kappa shape index (κ3) is 17.3. The molecule has 0 heterocycles. The number of amides is 2. The van der Waals surface area contributed by atoms with E-state index in [4.69, 9.17) is 9.73 Å². The maximum atomic E-state index is 13.7. The Morgan fingerprint density at radius 2 is 0.759 bits per heavy atom. The summed E-state index contributed by atoms with van der Waals surface area (Å²) in [5, 5.41) is 17.7. The zero-order valence-electron chi connectivity index (χ0n) is 45.8. The molecule has 0 saturated heterocycles. The fraction of sp³-hybridized carbons (Fsp3) is 0.459. The number of hydroxylamine groups is 2. The maximum Gasteiger partial charge on any atom is 0.307 e. The third-order valence-electron chi connectivity index (χ3n) is 15.9. The second-order valence-corrected chi connectivity index (χ2v) is 33.4. The van der Waals surface area contributed by atoms with Gasteiger partial charge in [-0.25, -0.2) is 36.2 Å². The van der Waals surface area contributed by atoms with Crippen LogP contribution >= 0.6 is 0 Å². The normalized spacial score (nSPS) is 20.9. The standard InChI is InChI=1S/C31H39NO4SSi.C15H21NO4S.C15H20O4S/c1-31(2,3)38(26-17-9-5-10-18-26,27-19-11-6-12-20-27)36-32-30(33)28-21-13-14-22-29(28)37(34,35)24-23-25-15-7-4-8-16-25;17-15(16-18)13-8-4-5-9-14(13)21(19,20)11-10-12-6-2-1-3-7-12;16-15(17)13-8-4-5-9-14(13)20(18,19)11-10-12-6-2-1-3-7-12/h4-12,15-20,28-29H,13-14,21-24H2,1-3H3,(H,32,33);1-3,6-7,13-14,18H,4-5,8-11H2,(H,16,17);1-3,6-7,13-14H,4-5,8-11H2,(H,16,17)/t28-,29+;2*13-,14+/m111/s1. The topological polar surface area (TPSA) is 227 Å². The van der Waals surface area contributed by atoms with Crippen LogP contribution in [-0.2, 0) is 67.7 Å². The number of aliphatic carboxylic acids is 1. The van der Waals surface area contributed by atoms with Crippen LogP contribution in [0.1, 0.15) is 115 Å². The molecule has 3 aliphatic carbocycles. The van der Waals surface area contributed by atoms with Gasteiger partial charge in [-0.1, -0.05) is 211 Å². The average molecular weight is 1160 g/mol. The van der Waals surface area contributed by atoms with E-state index in [0.717, 1.165) is 65.6 Å². The maximum absolute atomic E-state index is 13.7. The third-order valence-corrected chi connectivity index (χ3v) is 27.5. The summed E-state index contributed by atoms with van der Waals surface area (Å²) in [4.78, 5) is 36.6. The van der Waals surface area contributed by atoms with Crippen LogP contribution in [0.25, 0.3) is 0 Å². The molecule has 2 amide bonds. The summed E-state index contributed by atoms with van der Waals surface area (Å²) in [6, 6.07) is 48.7. The molecule has 5 aromatic carbocycles. The first-order chi connectivity index (χ1) is 37.7. The average Bonchev–Trinajstić information content (AvgIpc) is 3.48. The van der Waals surface area contributed by atoms with E-state index in [1.165, 1.54) is 0 Å². The number of sulfone groups is 3. The van der Waals surface area contributed by atoms with E-state index in [-0.39, 0.29) is 28.2 Å². The molecule has 79 heavy (non-hydrogen) atoms. The van der Waals surface area contributed by atoms with Crippen LogP contribution in [0, 0.1) is 17.8 Å². The Balaban J connectivity index is 0.000000208. The second kappa shape index (κ2) is 29.3. The van der Waals surface area contributed by atoms with Gasteiger partial charge in [-0.05, 0) is 89.9 Å². The summed E-state index contributed by atoms with van der Waals surface area (Å²) in [6.07, 6.45) is 9.27. The molecule has 3 fully saturated rings. The molecule has 428 valence electrons. The van der Waals surface area contributed by atoms with E-state index >= 15 is 0 Å². The van der Waals surface area contributed by atoms with Crippen LogP contribution in [-0.4, -0.2) is 94.7 Å². The number of carbonyl (C=O) groups excluding carboxylic acids is 2. The lowest BCUT2D eigenvalue weighted by Gasteiger charge is -2.42. The molecule has 5 aromatic rings. The number of aryl methyl sites for hydroxylation is 3. The largest absolute Gasteiger partial charge is 0.481 e. The van der Waals surface area contributed by atoms with Gasteiger partial charge in [0.05, 0.1) is 50.8 Å². The van der Waals surface area contributed by atoms with Crippen LogP contribution in [0.3, 0.4) is 0 Å². The molecule has 0 bridgehead atoms. The molecule has 18 heteroatoms. The molecule has 0 aliphatic heterocycles. The highest BCUT2D eigenvalue weighted by atomic mass is 32.2. The van der Waals surface area contributed by atoms with Crippen molar-refractivity contribution in [1.29, 1.82) is 0 Å². The minimum absolute atomic E-state index is 0.0332. The number of hydrogen-bond acceptors (Lipinski definition) is 11. The Morgan fingerprint density at radius 1 is 0.468 bits per heavy atom. The highest BCUT2D eigenvalue weighted by Gasteiger charge is 2.52. The first-order valence-corrected chi connectivity index (χ1v) is 34.8. The van der Waals surface area contributed by atoms with Crippen LogP contribution in [0.5, 0.6) is 0 Å². The van der Waals surface area contributed by atoms with Crippen LogP contribution in [0.2, 0.25) is 5.04 Å². The van der Waals surface area contributed by atoms with Crippen molar-refractivity contribution in [3.63, 3.8) is 0 Å². The Kier molecular flexibility index (Phi) is 23.2. The number of nitrogens with one attached hydrogen (secondary N) is 2. The van der Waals surface area contributed by atoms with Crippen molar-refractivity contribution >= 4 is 66.0 Å². The van der Waals surface area contributed by atoms with Crippen LogP contribution < -0.4 is 21.3 Å². The Hall–Kier alpha value is -5.50. The van der Waals surface area contributed by atoms with E-state index < -0.39 is 83.2 Å². The number of carboxylic acids is 1. The smallest absolute Gasteiger partial charge is 0.307 e.